The largest absolute Gasteiger partial charge is 0.409 e. The van der Waals surface area contributed by atoms with E-state index in [2.05, 4.69) is 10.5 Å². The molecule has 2 aliphatic rings. The lowest BCUT2D eigenvalue weighted by molar-refractivity contribution is 0.180. The van der Waals surface area contributed by atoms with Gasteiger partial charge >= 0.3 is 6.03 Å². The van der Waals surface area contributed by atoms with Crippen LogP contribution < -0.4 is 11.1 Å². The van der Waals surface area contributed by atoms with Crippen LogP contribution in [0.1, 0.15) is 51.4 Å². The van der Waals surface area contributed by atoms with Gasteiger partial charge in [-0.15, -0.1) is 0 Å². The number of rotatable bonds is 4. The Bertz CT molecular complexity index is 334. The van der Waals surface area contributed by atoms with E-state index in [1.54, 1.807) is 4.90 Å². The summed E-state index contributed by atoms with van der Waals surface area (Å²) >= 11 is 0. The number of hydrogen-bond acceptors (Lipinski definition) is 3. The van der Waals surface area contributed by atoms with E-state index < -0.39 is 0 Å². The molecule has 0 bridgehead atoms. The van der Waals surface area contributed by atoms with Gasteiger partial charge in [0, 0.05) is 12.1 Å². The van der Waals surface area contributed by atoms with E-state index in [9.17, 15) is 4.79 Å². The van der Waals surface area contributed by atoms with Crippen molar-refractivity contribution in [2.75, 3.05) is 6.54 Å². The normalized spacial score (nSPS) is 21.8. The average Bonchev–Trinajstić information content (AvgIpc) is 3.08. The van der Waals surface area contributed by atoms with E-state index in [-0.39, 0.29) is 24.5 Å². The molecule has 6 heteroatoms. The second kappa shape index (κ2) is 6.63. The van der Waals surface area contributed by atoms with E-state index in [0.717, 1.165) is 38.5 Å². The van der Waals surface area contributed by atoms with Crippen molar-refractivity contribution in [1.29, 1.82) is 0 Å². The highest BCUT2D eigenvalue weighted by atomic mass is 16.4. The van der Waals surface area contributed by atoms with Crippen LogP contribution in [0.4, 0.5) is 4.79 Å². The SMILES string of the molecule is NC(CN(C(=O)NC1CCCC1)C1CCCC1)=NO. The number of carbonyl (C=O) groups excluding carboxylic acids is 1. The predicted molar refractivity (Wildman–Crippen MR) is 73.2 cm³/mol. The van der Waals surface area contributed by atoms with Gasteiger partial charge in [-0.1, -0.05) is 30.8 Å². The molecular formula is C13H24N4O2. The first kappa shape index (κ1) is 14.0. The van der Waals surface area contributed by atoms with Crippen molar-refractivity contribution in [3.05, 3.63) is 0 Å². The van der Waals surface area contributed by atoms with Crippen LogP contribution in [0.15, 0.2) is 5.16 Å². The van der Waals surface area contributed by atoms with Gasteiger partial charge in [-0.3, -0.25) is 0 Å². The summed E-state index contributed by atoms with van der Waals surface area (Å²) in [6.45, 7) is 0.208. The highest BCUT2D eigenvalue weighted by Gasteiger charge is 2.29. The molecule has 2 rings (SSSR count). The molecule has 108 valence electrons. The Morgan fingerprint density at radius 3 is 2.37 bits per heavy atom. The van der Waals surface area contributed by atoms with Crippen molar-refractivity contribution in [1.82, 2.24) is 10.2 Å². The van der Waals surface area contributed by atoms with Crippen LogP contribution in [0.2, 0.25) is 0 Å². The van der Waals surface area contributed by atoms with Crippen LogP contribution in [0.25, 0.3) is 0 Å². The molecule has 6 nitrogen and oxygen atoms in total. The van der Waals surface area contributed by atoms with Gasteiger partial charge in [0.25, 0.3) is 0 Å². The van der Waals surface area contributed by atoms with Gasteiger partial charge in [-0.25, -0.2) is 4.79 Å². The van der Waals surface area contributed by atoms with Gasteiger partial charge in [0.1, 0.15) is 0 Å². The summed E-state index contributed by atoms with van der Waals surface area (Å²) in [5.41, 5.74) is 5.57. The molecule has 0 spiro atoms. The minimum atomic E-state index is -0.0644. The fourth-order valence-corrected chi connectivity index (χ4v) is 3.12. The molecule has 2 amide bonds. The van der Waals surface area contributed by atoms with Crippen LogP contribution >= 0.6 is 0 Å². The third-order valence-electron chi connectivity index (χ3n) is 4.17. The summed E-state index contributed by atoms with van der Waals surface area (Å²) in [6, 6.07) is 0.454. The molecule has 4 N–H and O–H groups in total. The maximum absolute atomic E-state index is 12.4. The number of nitrogens with zero attached hydrogens (tertiary/aromatic N) is 2. The second-order valence-electron chi connectivity index (χ2n) is 5.59. The summed E-state index contributed by atoms with van der Waals surface area (Å²) in [4.78, 5) is 14.1. The van der Waals surface area contributed by atoms with E-state index in [0.29, 0.717) is 6.04 Å². The molecule has 0 atom stereocenters. The third-order valence-corrected chi connectivity index (χ3v) is 4.17. The molecular weight excluding hydrogens is 244 g/mol. The third kappa shape index (κ3) is 3.75. The molecule has 2 aliphatic carbocycles. The summed E-state index contributed by atoms with van der Waals surface area (Å²) in [7, 11) is 0. The first-order valence-electron chi connectivity index (χ1n) is 7.24. The summed E-state index contributed by atoms with van der Waals surface area (Å²) in [5, 5.41) is 14.8. The number of nitrogens with one attached hydrogen (secondary N) is 1. The minimum Gasteiger partial charge on any atom is -0.409 e. The molecule has 0 radical (unpaired) electrons. The summed E-state index contributed by atoms with van der Waals surface area (Å²) < 4.78 is 0. The Labute approximate surface area is 114 Å². The zero-order valence-corrected chi connectivity index (χ0v) is 11.3. The smallest absolute Gasteiger partial charge is 0.318 e. The van der Waals surface area contributed by atoms with Crippen LogP contribution in [0.5, 0.6) is 0 Å². The molecule has 0 unspecified atom stereocenters. The molecule has 0 aromatic carbocycles. The Balaban J connectivity index is 1.96. The monoisotopic (exact) mass is 268 g/mol. The van der Waals surface area contributed by atoms with Crippen molar-refractivity contribution < 1.29 is 10.0 Å². The maximum atomic E-state index is 12.4. The van der Waals surface area contributed by atoms with Crippen LogP contribution in [0.3, 0.4) is 0 Å². The Morgan fingerprint density at radius 2 is 1.79 bits per heavy atom. The average molecular weight is 268 g/mol. The molecule has 0 saturated heterocycles. The lowest BCUT2D eigenvalue weighted by Gasteiger charge is -2.30. The quantitative estimate of drug-likeness (QED) is 0.313. The second-order valence-corrected chi connectivity index (χ2v) is 5.59. The predicted octanol–water partition coefficient (Wildman–Crippen LogP) is 1.63. The van der Waals surface area contributed by atoms with Crippen molar-refractivity contribution in [3.63, 3.8) is 0 Å². The highest BCUT2D eigenvalue weighted by molar-refractivity contribution is 5.86. The number of nitrogens with two attached hydrogens (primary N) is 1. The topological polar surface area (TPSA) is 91.0 Å². The molecule has 0 heterocycles. The van der Waals surface area contributed by atoms with Gasteiger partial charge in [0.15, 0.2) is 5.84 Å². The van der Waals surface area contributed by atoms with Gasteiger partial charge in [-0.05, 0) is 25.7 Å². The number of carbonyl (C=O) groups is 1. The molecule has 0 aliphatic heterocycles. The Kier molecular flexibility index (Phi) is 4.87. The van der Waals surface area contributed by atoms with Crippen molar-refractivity contribution >= 4 is 11.9 Å². The molecule has 0 aromatic rings. The molecule has 2 saturated carbocycles. The summed E-state index contributed by atoms with van der Waals surface area (Å²) in [5.74, 6) is 0.0912. The Morgan fingerprint density at radius 1 is 1.21 bits per heavy atom. The molecule has 19 heavy (non-hydrogen) atoms. The van der Waals surface area contributed by atoms with Gasteiger partial charge in [-0.2, -0.15) is 0 Å². The van der Waals surface area contributed by atoms with E-state index >= 15 is 0 Å². The highest BCUT2D eigenvalue weighted by Crippen LogP contribution is 2.24. The fourth-order valence-electron chi connectivity index (χ4n) is 3.12. The van der Waals surface area contributed by atoms with Crippen molar-refractivity contribution in [2.24, 2.45) is 10.9 Å². The lowest BCUT2D eigenvalue weighted by atomic mass is 10.2. The van der Waals surface area contributed by atoms with Crippen molar-refractivity contribution in [2.45, 2.75) is 63.5 Å². The van der Waals surface area contributed by atoms with Crippen LogP contribution in [-0.2, 0) is 0 Å². The number of oxime groups is 1. The summed E-state index contributed by atoms with van der Waals surface area (Å²) in [6.07, 6.45) is 8.82. The van der Waals surface area contributed by atoms with E-state index in [1.807, 2.05) is 0 Å². The lowest BCUT2D eigenvalue weighted by Crippen LogP contribution is -2.51. The van der Waals surface area contributed by atoms with Gasteiger partial charge in [0.2, 0.25) is 0 Å². The standard InChI is InChI=1S/C13H24N4O2/c14-12(16-19)9-17(11-7-3-4-8-11)13(18)15-10-5-1-2-6-10/h10-11,19H,1-9H2,(H2,14,16)(H,15,18). The van der Waals surface area contributed by atoms with Crippen LogP contribution in [-0.4, -0.2) is 40.6 Å². The zero-order valence-electron chi connectivity index (χ0n) is 11.3. The molecule has 0 aromatic heterocycles. The molecule has 2 fully saturated rings. The maximum Gasteiger partial charge on any atom is 0.318 e. The van der Waals surface area contributed by atoms with Gasteiger partial charge < -0.3 is 21.2 Å². The van der Waals surface area contributed by atoms with E-state index in [4.69, 9.17) is 10.9 Å². The first-order valence-corrected chi connectivity index (χ1v) is 7.24. The van der Waals surface area contributed by atoms with Crippen molar-refractivity contribution in [3.8, 4) is 0 Å². The van der Waals surface area contributed by atoms with E-state index in [1.165, 1.54) is 12.8 Å². The number of amidine groups is 1. The number of urea groups is 1. The number of amides is 2. The minimum absolute atomic E-state index is 0.0644. The Hall–Kier alpha value is -1.46. The zero-order chi connectivity index (χ0) is 13.7. The van der Waals surface area contributed by atoms with Crippen LogP contribution in [0, 0.1) is 0 Å². The van der Waals surface area contributed by atoms with Gasteiger partial charge in [0.05, 0.1) is 6.54 Å². The first-order chi connectivity index (χ1) is 9.20. The fraction of sp³-hybridized carbons (Fsp3) is 0.846. The number of hydrogen-bond donors (Lipinski definition) is 3.